The monoisotopic (exact) mass is 344 g/mol. The Hall–Kier alpha value is -2.07. The van der Waals surface area contributed by atoms with Gasteiger partial charge in [-0.1, -0.05) is 23.7 Å². The molecule has 0 bridgehead atoms. The molecule has 0 spiro atoms. The minimum atomic E-state index is -0.0111. The quantitative estimate of drug-likeness (QED) is 0.909. The number of aromatic hydroxyl groups is 1. The molecule has 2 aromatic rings. The van der Waals surface area contributed by atoms with Crippen LogP contribution in [0.1, 0.15) is 41.6 Å². The van der Waals surface area contributed by atoms with E-state index >= 15 is 0 Å². The lowest BCUT2D eigenvalue weighted by molar-refractivity contribution is 0.0602. The molecule has 1 aromatic carbocycles. The number of phenolic OH excluding ortho intramolecular Hbond substituents is 1. The number of hydrogen-bond acceptors (Lipinski definition) is 3. The average Bonchev–Trinajstić information content (AvgIpc) is 2.60. The number of likely N-dealkylation sites (tertiary alicyclic amines) is 1. The molecule has 0 aliphatic carbocycles. The molecular weight excluding hydrogens is 324 g/mol. The van der Waals surface area contributed by atoms with Gasteiger partial charge in [0, 0.05) is 25.0 Å². The van der Waals surface area contributed by atoms with Crippen molar-refractivity contribution < 1.29 is 9.90 Å². The maximum Gasteiger partial charge on any atom is 0.255 e. The molecule has 1 atom stereocenters. The summed E-state index contributed by atoms with van der Waals surface area (Å²) < 4.78 is 0. The molecule has 126 valence electrons. The number of carbonyl (C=O) groups is 1. The van der Waals surface area contributed by atoms with Crippen LogP contribution >= 0.6 is 11.6 Å². The zero-order valence-corrected chi connectivity index (χ0v) is 14.2. The van der Waals surface area contributed by atoms with Crippen molar-refractivity contribution >= 4 is 17.5 Å². The first-order valence-electron chi connectivity index (χ1n) is 8.33. The molecule has 0 saturated carbocycles. The number of aryl methyl sites for hydroxylation is 1. The Labute approximate surface area is 147 Å². The van der Waals surface area contributed by atoms with Crippen molar-refractivity contribution in [2.75, 3.05) is 6.54 Å². The molecule has 3 rings (SSSR count). The van der Waals surface area contributed by atoms with Crippen molar-refractivity contribution in [3.8, 4) is 5.75 Å². The molecule has 1 aliphatic rings. The summed E-state index contributed by atoms with van der Waals surface area (Å²) in [6.07, 6.45) is 8.01. The van der Waals surface area contributed by atoms with Gasteiger partial charge in [-0.05, 0) is 55.9 Å². The third kappa shape index (κ3) is 3.88. The van der Waals surface area contributed by atoms with Crippen LogP contribution in [0, 0.1) is 0 Å². The molecule has 5 heteroatoms. The minimum absolute atomic E-state index is 0.0111. The third-order valence-corrected chi connectivity index (χ3v) is 4.87. The number of nitrogens with zero attached hydrogens (tertiary/aromatic N) is 2. The van der Waals surface area contributed by atoms with Crippen LogP contribution in [0.4, 0.5) is 0 Å². The van der Waals surface area contributed by atoms with Crippen LogP contribution < -0.4 is 0 Å². The smallest absolute Gasteiger partial charge is 0.255 e. The normalized spacial score (nSPS) is 17.7. The second-order valence-corrected chi connectivity index (χ2v) is 6.62. The maximum atomic E-state index is 12.9. The molecule has 1 fully saturated rings. The van der Waals surface area contributed by atoms with E-state index in [-0.39, 0.29) is 17.7 Å². The van der Waals surface area contributed by atoms with E-state index in [9.17, 15) is 9.90 Å². The fraction of sp³-hybridized carbons (Fsp3) is 0.368. The molecule has 24 heavy (non-hydrogen) atoms. The highest BCUT2D eigenvalue weighted by Crippen LogP contribution is 2.26. The van der Waals surface area contributed by atoms with Crippen LogP contribution in [-0.2, 0) is 6.42 Å². The molecule has 1 amide bonds. The summed E-state index contributed by atoms with van der Waals surface area (Å²) in [4.78, 5) is 18.8. The Balaban J connectivity index is 1.71. The Morgan fingerprint density at radius 3 is 3.00 bits per heavy atom. The summed E-state index contributed by atoms with van der Waals surface area (Å²) in [5.74, 6) is 0.274. The van der Waals surface area contributed by atoms with Crippen molar-refractivity contribution in [1.82, 2.24) is 9.88 Å². The van der Waals surface area contributed by atoms with Gasteiger partial charge >= 0.3 is 0 Å². The number of halogens is 1. The average molecular weight is 345 g/mol. The van der Waals surface area contributed by atoms with Crippen molar-refractivity contribution in [2.45, 2.75) is 38.1 Å². The number of benzene rings is 1. The summed E-state index contributed by atoms with van der Waals surface area (Å²) in [6.45, 7) is 0.766. The summed E-state index contributed by atoms with van der Waals surface area (Å²) in [6, 6.07) is 9.21. The minimum Gasteiger partial charge on any atom is -0.508 e. The van der Waals surface area contributed by atoms with E-state index < -0.39 is 0 Å². The maximum absolute atomic E-state index is 12.9. The van der Waals surface area contributed by atoms with Crippen LogP contribution in [0.2, 0.25) is 5.02 Å². The van der Waals surface area contributed by atoms with Gasteiger partial charge in [-0.15, -0.1) is 0 Å². The highest BCUT2D eigenvalue weighted by Gasteiger charge is 2.28. The predicted molar refractivity (Wildman–Crippen MR) is 94.4 cm³/mol. The van der Waals surface area contributed by atoms with Crippen LogP contribution in [0.25, 0.3) is 0 Å². The number of piperidine rings is 1. The Kier molecular flexibility index (Phi) is 5.36. The number of rotatable bonds is 4. The highest BCUT2D eigenvalue weighted by atomic mass is 35.5. The lowest BCUT2D eigenvalue weighted by atomic mass is 9.95. The Morgan fingerprint density at radius 1 is 1.33 bits per heavy atom. The summed E-state index contributed by atoms with van der Waals surface area (Å²) >= 11 is 6.14. The lowest BCUT2D eigenvalue weighted by Crippen LogP contribution is -2.44. The van der Waals surface area contributed by atoms with Gasteiger partial charge in [0.15, 0.2) is 0 Å². The molecule has 4 nitrogen and oxygen atoms in total. The van der Waals surface area contributed by atoms with Crippen molar-refractivity contribution in [2.24, 2.45) is 0 Å². The zero-order valence-electron chi connectivity index (χ0n) is 13.5. The van der Waals surface area contributed by atoms with Crippen LogP contribution in [-0.4, -0.2) is 33.5 Å². The van der Waals surface area contributed by atoms with Gasteiger partial charge in [-0.25, -0.2) is 0 Å². The van der Waals surface area contributed by atoms with E-state index in [4.69, 9.17) is 11.6 Å². The molecule has 1 aromatic heterocycles. The van der Waals surface area contributed by atoms with Crippen molar-refractivity contribution in [3.63, 3.8) is 0 Å². The molecular formula is C19H21ClN2O2. The zero-order chi connectivity index (χ0) is 16.9. The SMILES string of the molecule is O=C(c1ccncc1Cl)N1CCCCC1CCc1cccc(O)c1. The Morgan fingerprint density at radius 2 is 2.21 bits per heavy atom. The van der Waals surface area contributed by atoms with E-state index in [2.05, 4.69) is 4.98 Å². The third-order valence-electron chi connectivity index (χ3n) is 4.57. The molecule has 2 heterocycles. The number of hydrogen-bond donors (Lipinski definition) is 1. The largest absolute Gasteiger partial charge is 0.508 e. The summed E-state index contributed by atoms with van der Waals surface area (Å²) in [5, 5.41) is 9.99. The number of pyridine rings is 1. The van der Waals surface area contributed by atoms with Gasteiger partial charge in [0.1, 0.15) is 5.75 Å². The molecule has 1 saturated heterocycles. The predicted octanol–water partition coefficient (Wildman–Crippen LogP) is 4.07. The highest BCUT2D eigenvalue weighted by molar-refractivity contribution is 6.33. The van der Waals surface area contributed by atoms with Gasteiger partial charge in [0.2, 0.25) is 0 Å². The first-order valence-corrected chi connectivity index (χ1v) is 8.71. The van der Waals surface area contributed by atoms with E-state index in [0.717, 1.165) is 44.2 Å². The summed E-state index contributed by atoms with van der Waals surface area (Å²) in [5.41, 5.74) is 1.62. The molecule has 1 unspecified atom stereocenters. The standard InChI is InChI=1S/C19H21ClN2O2/c20-18-13-21-10-9-17(18)19(24)22-11-2-1-5-15(22)8-7-14-4-3-6-16(23)12-14/h3-4,6,9-10,12-13,15,23H,1-2,5,7-8,11H2. The van der Waals surface area contributed by atoms with Gasteiger partial charge in [0.05, 0.1) is 10.6 Å². The van der Waals surface area contributed by atoms with E-state index in [1.807, 2.05) is 17.0 Å². The number of aromatic nitrogens is 1. The Bertz CT molecular complexity index is 720. The topological polar surface area (TPSA) is 53.4 Å². The first kappa shape index (κ1) is 16.8. The lowest BCUT2D eigenvalue weighted by Gasteiger charge is -2.36. The van der Waals surface area contributed by atoms with E-state index in [1.54, 1.807) is 24.4 Å². The van der Waals surface area contributed by atoms with Gasteiger partial charge < -0.3 is 10.0 Å². The van der Waals surface area contributed by atoms with E-state index in [0.29, 0.717) is 10.6 Å². The first-order chi connectivity index (χ1) is 11.6. The second kappa shape index (κ2) is 7.67. The van der Waals surface area contributed by atoms with Crippen LogP contribution in [0.5, 0.6) is 5.75 Å². The van der Waals surface area contributed by atoms with E-state index in [1.165, 1.54) is 6.20 Å². The summed E-state index contributed by atoms with van der Waals surface area (Å²) in [7, 11) is 0. The fourth-order valence-electron chi connectivity index (χ4n) is 3.32. The number of carbonyl (C=O) groups excluding carboxylic acids is 1. The second-order valence-electron chi connectivity index (χ2n) is 6.21. The number of amides is 1. The van der Waals surface area contributed by atoms with Crippen molar-refractivity contribution in [1.29, 1.82) is 0 Å². The molecule has 0 radical (unpaired) electrons. The van der Waals surface area contributed by atoms with Crippen LogP contribution in [0.15, 0.2) is 42.7 Å². The van der Waals surface area contributed by atoms with Gasteiger partial charge in [-0.2, -0.15) is 0 Å². The molecule has 1 N–H and O–H groups in total. The number of phenols is 1. The molecule has 1 aliphatic heterocycles. The van der Waals surface area contributed by atoms with Gasteiger partial charge in [-0.3, -0.25) is 9.78 Å². The van der Waals surface area contributed by atoms with Crippen LogP contribution in [0.3, 0.4) is 0 Å². The van der Waals surface area contributed by atoms with Crippen molar-refractivity contribution in [3.05, 3.63) is 58.9 Å². The van der Waals surface area contributed by atoms with Gasteiger partial charge in [0.25, 0.3) is 5.91 Å². The fourth-order valence-corrected chi connectivity index (χ4v) is 3.52.